The molecule has 1 aliphatic heterocycles. The van der Waals surface area contributed by atoms with E-state index in [0.717, 1.165) is 5.69 Å². The van der Waals surface area contributed by atoms with Crippen LogP contribution in [0.25, 0.3) is 10.4 Å². The molecular weight excluding hydrogens is 240 g/mol. The summed E-state index contributed by atoms with van der Waals surface area (Å²) >= 11 is 6.05. The van der Waals surface area contributed by atoms with Crippen LogP contribution in [-0.4, -0.2) is 19.0 Å². The highest BCUT2D eigenvalue weighted by molar-refractivity contribution is 6.33. The van der Waals surface area contributed by atoms with Crippen molar-refractivity contribution in [1.82, 2.24) is 0 Å². The van der Waals surface area contributed by atoms with E-state index in [1.165, 1.54) is 0 Å². The first-order valence-electron chi connectivity index (χ1n) is 5.28. The van der Waals surface area contributed by atoms with Crippen LogP contribution in [0, 0.1) is 5.92 Å². The third-order valence-corrected chi connectivity index (χ3v) is 3.07. The molecule has 1 aromatic carbocycles. The van der Waals surface area contributed by atoms with Gasteiger partial charge in [0.05, 0.1) is 10.7 Å². The highest BCUT2D eigenvalue weighted by Crippen LogP contribution is 2.30. The molecule has 0 aliphatic carbocycles. The first-order chi connectivity index (χ1) is 8.22. The number of nitrogens with zero attached hydrogens (tertiary/aromatic N) is 4. The zero-order valence-corrected chi connectivity index (χ0v) is 9.84. The lowest BCUT2D eigenvalue weighted by Gasteiger charge is -2.17. The first-order valence-corrected chi connectivity index (χ1v) is 5.66. The lowest BCUT2D eigenvalue weighted by atomic mass is 10.1. The molecule has 0 N–H and O–H groups in total. The minimum absolute atomic E-state index is 0.0243. The summed E-state index contributed by atoms with van der Waals surface area (Å²) in [7, 11) is 0. The van der Waals surface area contributed by atoms with Crippen molar-refractivity contribution in [2.45, 2.75) is 6.42 Å². The van der Waals surface area contributed by atoms with Crippen LogP contribution in [-0.2, 0) is 4.79 Å². The van der Waals surface area contributed by atoms with Gasteiger partial charge in [-0.2, -0.15) is 0 Å². The average molecular weight is 251 g/mol. The monoisotopic (exact) mass is 250 g/mol. The molecule has 17 heavy (non-hydrogen) atoms. The Kier molecular flexibility index (Phi) is 3.52. The number of carbonyl (C=O) groups excluding carboxylic acids is 1. The van der Waals surface area contributed by atoms with E-state index >= 15 is 0 Å². The number of azide groups is 1. The molecule has 0 radical (unpaired) electrons. The number of carbonyl (C=O) groups is 1. The number of para-hydroxylation sites is 1. The van der Waals surface area contributed by atoms with Gasteiger partial charge < -0.3 is 4.90 Å². The van der Waals surface area contributed by atoms with Crippen molar-refractivity contribution in [2.24, 2.45) is 11.0 Å². The van der Waals surface area contributed by atoms with E-state index in [1.807, 2.05) is 18.2 Å². The topological polar surface area (TPSA) is 69.1 Å². The molecule has 1 heterocycles. The summed E-state index contributed by atoms with van der Waals surface area (Å²) in [5.74, 6) is 0.103. The minimum Gasteiger partial charge on any atom is -0.311 e. The second-order valence-corrected chi connectivity index (χ2v) is 4.35. The average Bonchev–Trinajstić information content (AvgIpc) is 2.68. The number of benzene rings is 1. The Labute approximate surface area is 104 Å². The Balaban J connectivity index is 2.16. The fourth-order valence-corrected chi connectivity index (χ4v) is 2.20. The van der Waals surface area contributed by atoms with Crippen LogP contribution in [0.5, 0.6) is 0 Å². The first kappa shape index (κ1) is 11.8. The van der Waals surface area contributed by atoms with Crippen molar-refractivity contribution >= 4 is 23.2 Å². The van der Waals surface area contributed by atoms with E-state index in [4.69, 9.17) is 17.1 Å². The highest BCUT2D eigenvalue weighted by Gasteiger charge is 2.30. The van der Waals surface area contributed by atoms with Crippen LogP contribution in [0.4, 0.5) is 5.69 Å². The molecule has 1 aliphatic rings. The molecule has 2 rings (SSSR count). The number of hydrogen-bond acceptors (Lipinski definition) is 2. The van der Waals surface area contributed by atoms with Gasteiger partial charge in [0.1, 0.15) is 0 Å². The third-order valence-electron chi connectivity index (χ3n) is 2.75. The Hall–Kier alpha value is -1.71. The number of rotatable bonds is 3. The van der Waals surface area contributed by atoms with Crippen LogP contribution < -0.4 is 4.90 Å². The normalized spacial score (nSPS) is 19.2. The van der Waals surface area contributed by atoms with Gasteiger partial charge in [0.15, 0.2) is 0 Å². The molecule has 1 saturated heterocycles. The molecule has 1 aromatic rings. The SMILES string of the molecule is [N-]=[N+]=NCC1CC(=O)N(c2ccccc2Cl)C1. The summed E-state index contributed by atoms with van der Waals surface area (Å²) in [5, 5.41) is 4.07. The van der Waals surface area contributed by atoms with Crippen molar-refractivity contribution in [3.05, 3.63) is 39.7 Å². The largest absolute Gasteiger partial charge is 0.311 e. The molecular formula is C11H11ClN4O. The third kappa shape index (κ3) is 2.52. The maximum Gasteiger partial charge on any atom is 0.227 e. The van der Waals surface area contributed by atoms with E-state index in [0.29, 0.717) is 24.5 Å². The van der Waals surface area contributed by atoms with Crippen LogP contribution in [0.1, 0.15) is 6.42 Å². The van der Waals surface area contributed by atoms with Gasteiger partial charge in [0.2, 0.25) is 5.91 Å². The van der Waals surface area contributed by atoms with Gasteiger partial charge in [-0.05, 0) is 23.6 Å². The minimum atomic E-state index is 0.0243. The summed E-state index contributed by atoms with van der Waals surface area (Å²) in [4.78, 5) is 16.2. The molecule has 0 spiro atoms. The molecule has 1 fully saturated rings. The summed E-state index contributed by atoms with van der Waals surface area (Å²) in [5.41, 5.74) is 8.98. The molecule has 6 heteroatoms. The van der Waals surface area contributed by atoms with E-state index in [1.54, 1.807) is 11.0 Å². The van der Waals surface area contributed by atoms with Gasteiger partial charge in [-0.1, -0.05) is 28.8 Å². The summed E-state index contributed by atoms with van der Waals surface area (Å²) < 4.78 is 0. The Morgan fingerprint density at radius 1 is 1.53 bits per heavy atom. The van der Waals surface area contributed by atoms with Gasteiger partial charge in [-0.3, -0.25) is 4.79 Å². The maximum absolute atomic E-state index is 11.8. The van der Waals surface area contributed by atoms with Gasteiger partial charge in [0, 0.05) is 24.4 Å². The van der Waals surface area contributed by atoms with Crippen LogP contribution in [0.3, 0.4) is 0 Å². The fraction of sp³-hybridized carbons (Fsp3) is 0.364. The standard InChI is InChI=1S/C11H11ClN4O/c12-9-3-1-2-4-10(9)16-7-8(5-11(16)17)6-14-15-13/h1-4,8H,5-7H2. The number of anilines is 1. The summed E-state index contributed by atoms with van der Waals surface area (Å²) in [6.07, 6.45) is 0.407. The number of amides is 1. The van der Waals surface area contributed by atoms with Crippen molar-refractivity contribution in [3.63, 3.8) is 0 Å². The van der Waals surface area contributed by atoms with Crippen LogP contribution >= 0.6 is 11.6 Å². The van der Waals surface area contributed by atoms with Crippen molar-refractivity contribution in [2.75, 3.05) is 18.0 Å². The predicted molar refractivity (Wildman–Crippen MR) is 65.9 cm³/mol. The van der Waals surface area contributed by atoms with Crippen molar-refractivity contribution < 1.29 is 4.79 Å². The lowest BCUT2D eigenvalue weighted by molar-refractivity contribution is -0.117. The Bertz CT molecular complexity index is 484. The fourth-order valence-electron chi connectivity index (χ4n) is 1.96. The second kappa shape index (κ2) is 5.08. The maximum atomic E-state index is 11.8. The molecule has 0 bridgehead atoms. The smallest absolute Gasteiger partial charge is 0.227 e. The molecule has 88 valence electrons. The number of halogens is 1. The van der Waals surface area contributed by atoms with Gasteiger partial charge in [-0.15, -0.1) is 0 Å². The summed E-state index contributed by atoms with van der Waals surface area (Å²) in [6, 6.07) is 7.24. The molecule has 0 aromatic heterocycles. The quantitative estimate of drug-likeness (QED) is 0.462. The van der Waals surface area contributed by atoms with Crippen molar-refractivity contribution in [3.8, 4) is 0 Å². The zero-order valence-electron chi connectivity index (χ0n) is 9.08. The van der Waals surface area contributed by atoms with Crippen molar-refractivity contribution in [1.29, 1.82) is 0 Å². The molecule has 5 nitrogen and oxygen atoms in total. The Morgan fingerprint density at radius 3 is 3.00 bits per heavy atom. The second-order valence-electron chi connectivity index (χ2n) is 3.94. The predicted octanol–water partition coefficient (Wildman–Crippen LogP) is 3.00. The van der Waals surface area contributed by atoms with Crippen LogP contribution in [0.2, 0.25) is 5.02 Å². The van der Waals surface area contributed by atoms with Crippen LogP contribution in [0.15, 0.2) is 29.4 Å². The van der Waals surface area contributed by atoms with Gasteiger partial charge >= 0.3 is 0 Å². The molecule has 1 amide bonds. The lowest BCUT2D eigenvalue weighted by Crippen LogP contribution is -2.25. The molecule has 1 atom stereocenters. The van der Waals surface area contributed by atoms with Gasteiger partial charge in [-0.25, -0.2) is 0 Å². The number of hydrogen-bond donors (Lipinski definition) is 0. The van der Waals surface area contributed by atoms with E-state index in [9.17, 15) is 4.79 Å². The molecule has 0 saturated carbocycles. The van der Waals surface area contributed by atoms with Gasteiger partial charge in [0.25, 0.3) is 0 Å². The highest BCUT2D eigenvalue weighted by atomic mass is 35.5. The Morgan fingerprint density at radius 2 is 2.29 bits per heavy atom. The van der Waals surface area contributed by atoms with E-state index in [2.05, 4.69) is 10.0 Å². The summed E-state index contributed by atoms with van der Waals surface area (Å²) in [6.45, 7) is 0.908. The zero-order chi connectivity index (χ0) is 12.3. The molecule has 1 unspecified atom stereocenters. The van der Waals surface area contributed by atoms with E-state index < -0.39 is 0 Å². The van der Waals surface area contributed by atoms with E-state index in [-0.39, 0.29) is 11.8 Å².